The summed E-state index contributed by atoms with van der Waals surface area (Å²) in [6.07, 6.45) is -0.00583. The highest BCUT2D eigenvalue weighted by atomic mass is 79.9. The van der Waals surface area contributed by atoms with Gasteiger partial charge in [-0.05, 0) is 12.5 Å². The lowest BCUT2D eigenvalue weighted by atomic mass is 10.0. The summed E-state index contributed by atoms with van der Waals surface area (Å²) in [5.74, 6) is 0. The molecule has 0 aromatic heterocycles. The zero-order valence-electron chi connectivity index (χ0n) is 8.81. The van der Waals surface area contributed by atoms with Crippen molar-refractivity contribution in [1.82, 2.24) is 4.90 Å². The Bertz CT molecular complexity index is 342. The number of hydrogen-bond donors (Lipinski definition) is 1. The zero-order chi connectivity index (χ0) is 10.1. The Morgan fingerprint density at radius 1 is 1.27 bits per heavy atom. The van der Waals surface area contributed by atoms with E-state index in [1.807, 2.05) is 42.3 Å². The molecule has 2 rings (SSSR count). The molecule has 15 heavy (non-hydrogen) atoms. The lowest BCUT2D eigenvalue weighted by Gasteiger charge is -2.16. The molecule has 1 heterocycles. The standard InChI is InChI=1S/C11H14N2O.BrH/c1-8-10(14-11(12)13(8)2)9-6-4-3-5-7-9;/h3-8,10,12H,1-2H3;1H/t8-,10-;/m0./s1. The van der Waals surface area contributed by atoms with Crippen molar-refractivity contribution in [3.63, 3.8) is 0 Å². The fourth-order valence-corrected chi connectivity index (χ4v) is 1.68. The van der Waals surface area contributed by atoms with Crippen LogP contribution in [0.2, 0.25) is 0 Å². The topological polar surface area (TPSA) is 36.3 Å². The van der Waals surface area contributed by atoms with Crippen molar-refractivity contribution in [2.75, 3.05) is 7.05 Å². The first-order chi connectivity index (χ1) is 6.70. The minimum atomic E-state index is -0.00583. The number of likely N-dealkylation sites (N-methyl/N-ethyl adjacent to an activating group) is 1. The summed E-state index contributed by atoms with van der Waals surface area (Å²) in [4.78, 5) is 1.84. The Labute approximate surface area is 100 Å². The highest BCUT2D eigenvalue weighted by molar-refractivity contribution is 8.93. The van der Waals surface area contributed by atoms with Crippen LogP contribution in [-0.2, 0) is 4.74 Å². The maximum absolute atomic E-state index is 7.57. The maximum Gasteiger partial charge on any atom is 0.285 e. The number of amidine groups is 1. The quantitative estimate of drug-likeness (QED) is 0.852. The van der Waals surface area contributed by atoms with Crippen LogP contribution in [0.5, 0.6) is 0 Å². The number of nitrogens with zero attached hydrogens (tertiary/aromatic N) is 1. The Hall–Kier alpha value is -1.03. The number of hydrogen-bond acceptors (Lipinski definition) is 2. The van der Waals surface area contributed by atoms with Crippen LogP contribution < -0.4 is 0 Å². The van der Waals surface area contributed by atoms with Gasteiger partial charge in [0.05, 0.1) is 6.04 Å². The van der Waals surface area contributed by atoms with Gasteiger partial charge in [0.25, 0.3) is 6.02 Å². The summed E-state index contributed by atoms with van der Waals surface area (Å²) in [5.41, 5.74) is 1.13. The first-order valence-electron chi connectivity index (χ1n) is 4.73. The average molecular weight is 271 g/mol. The first kappa shape index (κ1) is 12.0. The normalized spacial score (nSPS) is 24.7. The number of benzene rings is 1. The van der Waals surface area contributed by atoms with E-state index in [1.54, 1.807) is 0 Å². The van der Waals surface area contributed by atoms with E-state index >= 15 is 0 Å². The second-order valence-electron chi connectivity index (χ2n) is 3.61. The highest BCUT2D eigenvalue weighted by Crippen LogP contribution is 2.30. The van der Waals surface area contributed by atoms with Crippen molar-refractivity contribution < 1.29 is 4.74 Å². The van der Waals surface area contributed by atoms with E-state index in [2.05, 4.69) is 6.92 Å². The Morgan fingerprint density at radius 3 is 2.33 bits per heavy atom. The minimum absolute atomic E-state index is 0. The molecule has 4 heteroatoms. The highest BCUT2D eigenvalue weighted by Gasteiger charge is 2.34. The SMILES string of the molecule is Br.C[C@H]1[C@@H](c2ccccc2)OC(=N)N1C. The summed E-state index contributed by atoms with van der Waals surface area (Å²) in [6.45, 7) is 2.07. The molecular formula is C11H15BrN2O. The Balaban J connectivity index is 0.00000112. The summed E-state index contributed by atoms with van der Waals surface area (Å²) in [6, 6.07) is 10.5. The largest absolute Gasteiger partial charge is 0.455 e. The molecule has 1 aliphatic heterocycles. The lowest BCUT2D eigenvalue weighted by molar-refractivity contribution is 0.201. The van der Waals surface area contributed by atoms with Crippen LogP contribution in [0.4, 0.5) is 0 Å². The van der Waals surface area contributed by atoms with E-state index in [-0.39, 0.29) is 35.1 Å². The third kappa shape index (κ3) is 2.15. The average Bonchev–Trinajstić information content (AvgIpc) is 2.47. The second kappa shape index (κ2) is 4.66. The molecule has 1 aromatic rings. The van der Waals surface area contributed by atoms with Crippen LogP contribution >= 0.6 is 17.0 Å². The fraction of sp³-hybridized carbons (Fsp3) is 0.364. The van der Waals surface area contributed by atoms with Gasteiger partial charge in [-0.15, -0.1) is 17.0 Å². The van der Waals surface area contributed by atoms with Crippen molar-refractivity contribution in [3.8, 4) is 0 Å². The van der Waals surface area contributed by atoms with Crippen molar-refractivity contribution in [1.29, 1.82) is 5.41 Å². The van der Waals surface area contributed by atoms with Crippen molar-refractivity contribution >= 4 is 23.0 Å². The van der Waals surface area contributed by atoms with Crippen LogP contribution in [0.3, 0.4) is 0 Å². The van der Waals surface area contributed by atoms with E-state index in [4.69, 9.17) is 10.1 Å². The maximum atomic E-state index is 7.57. The van der Waals surface area contributed by atoms with Crippen molar-refractivity contribution in [2.24, 2.45) is 0 Å². The minimum Gasteiger partial charge on any atom is -0.455 e. The molecule has 0 unspecified atom stereocenters. The zero-order valence-corrected chi connectivity index (χ0v) is 10.5. The number of nitrogens with one attached hydrogen (secondary N) is 1. The van der Waals surface area contributed by atoms with E-state index in [0.29, 0.717) is 0 Å². The van der Waals surface area contributed by atoms with Gasteiger partial charge in [0.2, 0.25) is 0 Å². The molecule has 3 nitrogen and oxygen atoms in total. The van der Waals surface area contributed by atoms with E-state index in [9.17, 15) is 0 Å². The molecule has 1 saturated heterocycles. The first-order valence-corrected chi connectivity index (χ1v) is 4.73. The molecule has 0 amide bonds. The molecule has 0 saturated carbocycles. The van der Waals surface area contributed by atoms with E-state index in [1.165, 1.54) is 0 Å². The van der Waals surface area contributed by atoms with Gasteiger partial charge in [0, 0.05) is 7.05 Å². The van der Waals surface area contributed by atoms with Crippen LogP contribution in [0, 0.1) is 5.41 Å². The van der Waals surface area contributed by atoms with Crippen molar-refractivity contribution in [2.45, 2.75) is 19.1 Å². The summed E-state index contributed by atoms with van der Waals surface area (Å²) >= 11 is 0. The summed E-state index contributed by atoms with van der Waals surface area (Å²) < 4.78 is 5.48. The predicted molar refractivity (Wildman–Crippen MR) is 65.5 cm³/mol. The molecule has 1 N–H and O–H groups in total. The van der Waals surface area contributed by atoms with Crippen LogP contribution in [0.15, 0.2) is 30.3 Å². The van der Waals surface area contributed by atoms with Gasteiger partial charge in [-0.3, -0.25) is 5.41 Å². The van der Waals surface area contributed by atoms with Gasteiger partial charge < -0.3 is 9.64 Å². The number of halogens is 1. The summed E-state index contributed by atoms with van der Waals surface area (Å²) in [7, 11) is 1.88. The molecule has 1 fully saturated rings. The lowest BCUT2D eigenvalue weighted by Crippen LogP contribution is -2.27. The molecule has 0 aliphatic carbocycles. The number of rotatable bonds is 1. The van der Waals surface area contributed by atoms with E-state index < -0.39 is 0 Å². The van der Waals surface area contributed by atoms with Gasteiger partial charge in [-0.1, -0.05) is 30.3 Å². The summed E-state index contributed by atoms with van der Waals surface area (Å²) in [5, 5.41) is 7.57. The smallest absolute Gasteiger partial charge is 0.285 e. The van der Waals surface area contributed by atoms with Gasteiger partial charge >= 0.3 is 0 Å². The Kier molecular flexibility index (Phi) is 3.74. The molecule has 2 atom stereocenters. The van der Waals surface area contributed by atoms with Gasteiger partial charge in [0.15, 0.2) is 0 Å². The monoisotopic (exact) mass is 270 g/mol. The van der Waals surface area contributed by atoms with Gasteiger partial charge in [-0.25, -0.2) is 0 Å². The molecule has 0 bridgehead atoms. The molecule has 0 radical (unpaired) electrons. The molecule has 1 aromatic carbocycles. The third-order valence-corrected chi connectivity index (χ3v) is 2.74. The predicted octanol–water partition coefficient (Wildman–Crippen LogP) is 2.59. The van der Waals surface area contributed by atoms with Gasteiger partial charge in [0.1, 0.15) is 6.10 Å². The van der Waals surface area contributed by atoms with Crippen LogP contribution in [0.25, 0.3) is 0 Å². The fourth-order valence-electron chi connectivity index (χ4n) is 1.68. The molecule has 82 valence electrons. The molecular weight excluding hydrogens is 256 g/mol. The van der Waals surface area contributed by atoms with Crippen LogP contribution in [0.1, 0.15) is 18.6 Å². The number of ether oxygens (including phenoxy) is 1. The Morgan fingerprint density at radius 2 is 1.87 bits per heavy atom. The van der Waals surface area contributed by atoms with Crippen molar-refractivity contribution in [3.05, 3.63) is 35.9 Å². The molecule has 1 aliphatic rings. The van der Waals surface area contributed by atoms with Gasteiger partial charge in [-0.2, -0.15) is 0 Å². The molecule has 0 spiro atoms. The second-order valence-corrected chi connectivity index (χ2v) is 3.61. The van der Waals surface area contributed by atoms with Crippen LogP contribution in [-0.4, -0.2) is 24.0 Å². The third-order valence-electron chi connectivity index (χ3n) is 2.74. The van der Waals surface area contributed by atoms with E-state index in [0.717, 1.165) is 5.56 Å².